The average molecular weight is 498 g/mol. The third-order valence-corrected chi connectivity index (χ3v) is 6.45. The van der Waals surface area contributed by atoms with Crippen LogP contribution in [-0.4, -0.2) is 53.5 Å². The van der Waals surface area contributed by atoms with Crippen molar-refractivity contribution in [1.82, 2.24) is 0 Å². The fraction of sp³-hybridized carbons (Fsp3) is 0.536. The predicted octanol–water partition coefficient (Wildman–Crippen LogP) is 4.03. The summed E-state index contributed by atoms with van der Waals surface area (Å²) in [5, 5.41) is 17.7. The number of allylic oxidation sites excluding steroid dienone is 2. The number of benzene rings is 1. The summed E-state index contributed by atoms with van der Waals surface area (Å²) in [5.41, 5.74) is 16.6. The first-order valence-electron chi connectivity index (χ1n) is 12.7. The average Bonchev–Trinajstić information content (AvgIpc) is 2.88. The van der Waals surface area contributed by atoms with Crippen molar-refractivity contribution in [2.24, 2.45) is 32.4 Å². The first kappa shape index (κ1) is 29.3. The van der Waals surface area contributed by atoms with Crippen molar-refractivity contribution in [2.75, 3.05) is 13.7 Å². The van der Waals surface area contributed by atoms with E-state index in [9.17, 15) is 5.11 Å². The molecular formula is C28H43N5O3. The Labute approximate surface area is 215 Å². The van der Waals surface area contributed by atoms with Crippen LogP contribution in [0.4, 0.5) is 0 Å². The topological polar surface area (TPSA) is 139 Å². The van der Waals surface area contributed by atoms with Crippen LogP contribution in [0.2, 0.25) is 0 Å². The van der Waals surface area contributed by atoms with Crippen molar-refractivity contribution in [1.29, 1.82) is 0 Å². The Bertz CT molecular complexity index is 1000. The van der Waals surface area contributed by atoms with Crippen LogP contribution in [0.1, 0.15) is 76.8 Å². The Balaban J connectivity index is 0.000000388. The molecule has 0 radical (unpaired) electrons. The molecule has 6 N–H and O–H groups in total. The summed E-state index contributed by atoms with van der Waals surface area (Å²) < 4.78 is 6.01. The summed E-state index contributed by atoms with van der Waals surface area (Å²) in [6.45, 7) is 11.1. The van der Waals surface area contributed by atoms with Crippen LogP contribution in [0, 0.1) is 5.92 Å². The van der Waals surface area contributed by atoms with Crippen molar-refractivity contribution < 1.29 is 14.9 Å². The Morgan fingerprint density at radius 2 is 1.78 bits per heavy atom. The highest BCUT2D eigenvalue weighted by Gasteiger charge is 2.26. The highest BCUT2D eigenvalue weighted by atomic mass is 16.5. The lowest BCUT2D eigenvalue weighted by molar-refractivity contribution is 0.123. The van der Waals surface area contributed by atoms with Gasteiger partial charge in [0, 0.05) is 31.0 Å². The lowest BCUT2D eigenvalue weighted by Crippen LogP contribution is -2.35. The minimum Gasteiger partial charge on any atom is -0.467 e. The van der Waals surface area contributed by atoms with Crippen LogP contribution in [0.3, 0.4) is 0 Å². The number of nitrogens with two attached hydrogens (primary N) is 2. The molecule has 8 nitrogen and oxygen atoms in total. The molecule has 0 bridgehead atoms. The molecule has 1 aromatic rings. The summed E-state index contributed by atoms with van der Waals surface area (Å²) >= 11 is 0. The minimum atomic E-state index is -0.824. The first-order valence-corrected chi connectivity index (χ1v) is 12.7. The Kier molecular flexibility index (Phi) is 11.3. The Morgan fingerprint density at radius 3 is 2.28 bits per heavy atom. The molecule has 1 heterocycles. The number of nitrogens with zero attached hydrogens (tertiary/aromatic N) is 3. The molecule has 198 valence electrons. The zero-order valence-electron chi connectivity index (χ0n) is 22.4. The van der Waals surface area contributed by atoms with Gasteiger partial charge in [0.05, 0.1) is 5.71 Å². The molecule has 1 aliphatic heterocycles. The van der Waals surface area contributed by atoms with Gasteiger partial charge in [0.2, 0.25) is 5.90 Å². The monoisotopic (exact) mass is 497 g/mol. The van der Waals surface area contributed by atoms with Crippen molar-refractivity contribution in [3.8, 4) is 0 Å². The normalized spacial score (nSPS) is 23.1. The van der Waals surface area contributed by atoms with E-state index in [2.05, 4.69) is 40.8 Å². The molecule has 1 aromatic carbocycles. The lowest BCUT2D eigenvalue weighted by atomic mass is 9.83. The molecule has 36 heavy (non-hydrogen) atoms. The van der Waals surface area contributed by atoms with E-state index in [4.69, 9.17) is 26.3 Å². The number of hydrogen-bond acceptors (Lipinski definition) is 7. The van der Waals surface area contributed by atoms with Gasteiger partial charge in [-0.05, 0) is 50.7 Å². The van der Waals surface area contributed by atoms with Gasteiger partial charge in [-0.25, -0.2) is 9.98 Å². The SMILES string of the molecule is C=C(C)N=C1OC(C)C(c2ccc(C3CCCCC3)cc2)=N/C1=C(/C)N.CN=C(N)C(O)C(C)CO. The molecule has 8 heteroatoms. The number of ether oxygens (including phenoxy) is 1. The number of aliphatic hydroxyl groups is 2. The fourth-order valence-corrected chi connectivity index (χ4v) is 4.23. The minimum absolute atomic E-state index is 0.0859. The van der Waals surface area contributed by atoms with Crippen LogP contribution < -0.4 is 11.5 Å². The molecule has 2 aliphatic rings. The smallest absolute Gasteiger partial charge is 0.242 e. The van der Waals surface area contributed by atoms with Gasteiger partial charge in [-0.2, -0.15) is 0 Å². The van der Waals surface area contributed by atoms with Gasteiger partial charge in [0.1, 0.15) is 23.7 Å². The lowest BCUT2D eigenvalue weighted by Gasteiger charge is -2.26. The quantitative estimate of drug-likeness (QED) is 0.347. The van der Waals surface area contributed by atoms with Gasteiger partial charge in [-0.15, -0.1) is 0 Å². The predicted molar refractivity (Wildman–Crippen MR) is 148 cm³/mol. The number of aliphatic imine (C=N–C) groups is 3. The summed E-state index contributed by atoms with van der Waals surface area (Å²) in [5.74, 6) is 1.08. The molecule has 0 amide bonds. The van der Waals surface area contributed by atoms with Crippen molar-refractivity contribution in [3.63, 3.8) is 0 Å². The Morgan fingerprint density at radius 1 is 1.17 bits per heavy atom. The molecule has 3 atom stereocenters. The number of amidine groups is 1. The maximum atomic E-state index is 9.17. The van der Waals surface area contributed by atoms with E-state index in [0.717, 1.165) is 11.3 Å². The first-order chi connectivity index (χ1) is 17.1. The van der Waals surface area contributed by atoms with Gasteiger partial charge in [0.25, 0.3) is 0 Å². The van der Waals surface area contributed by atoms with Crippen molar-refractivity contribution >= 4 is 17.4 Å². The maximum Gasteiger partial charge on any atom is 0.242 e. The summed E-state index contributed by atoms with van der Waals surface area (Å²) in [6.07, 6.45) is 5.67. The fourth-order valence-electron chi connectivity index (χ4n) is 4.23. The number of rotatable bonds is 6. The number of aliphatic hydroxyl groups excluding tert-OH is 2. The van der Waals surface area contributed by atoms with Gasteiger partial charge >= 0.3 is 0 Å². The third kappa shape index (κ3) is 8.03. The second-order valence-corrected chi connectivity index (χ2v) is 9.65. The van der Waals surface area contributed by atoms with Crippen molar-refractivity contribution in [2.45, 2.75) is 77.9 Å². The summed E-state index contributed by atoms with van der Waals surface area (Å²) in [7, 11) is 1.50. The van der Waals surface area contributed by atoms with Gasteiger partial charge in [-0.3, -0.25) is 4.99 Å². The zero-order chi connectivity index (χ0) is 26.8. The molecule has 1 fully saturated rings. The molecule has 0 saturated heterocycles. The molecule has 3 rings (SSSR count). The standard InChI is InChI=1S/C22H29N3O.C6H14N2O2/c1-14(2)24-22-20(15(3)23)25-21(16(4)26-22)19-12-10-18(11-13-19)17-8-6-5-7-9-17;1-4(3-9)5(10)6(7)8-2/h10-13,16-17H,1,5-9,23H2,2-4H3;4-5,9-10H,3H2,1-2H3,(H2,7,8)/b20-15-,24-22?;. The zero-order valence-corrected chi connectivity index (χ0v) is 22.4. The highest BCUT2D eigenvalue weighted by molar-refractivity contribution is 6.11. The molecule has 1 saturated carbocycles. The van der Waals surface area contributed by atoms with E-state index < -0.39 is 6.10 Å². The highest BCUT2D eigenvalue weighted by Crippen LogP contribution is 2.33. The second kappa shape index (κ2) is 13.9. The van der Waals surface area contributed by atoms with Gasteiger partial charge in [-0.1, -0.05) is 57.0 Å². The summed E-state index contributed by atoms with van der Waals surface area (Å²) in [6, 6.07) is 8.81. The van der Waals surface area contributed by atoms with Crippen LogP contribution >= 0.6 is 0 Å². The van der Waals surface area contributed by atoms with Crippen LogP contribution in [0.25, 0.3) is 0 Å². The van der Waals surface area contributed by atoms with Crippen LogP contribution in [0.15, 0.2) is 62.9 Å². The van der Waals surface area contributed by atoms with Crippen molar-refractivity contribution in [3.05, 3.63) is 59.1 Å². The van der Waals surface area contributed by atoms with E-state index in [-0.39, 0.29) is 24.5 Å². The summed E-state index contributed by atoms with van der Waals surface area (Å²) in [4.78, 5) is 12.7. The van der Waals surface area contributed by atoms with E-state index in [0.29, 0.717) is 28.9 Å². The molecule has 0 aromatic heterocycles. The number of hydrogen-bond donors (Lipinski definition) is 4. The van der Waals surface area contributed by atoms with Gasteiger partial charge < -0.3 is 26.4 Å². The molecule has 1 aliphatic carbocycles. The van der Waals surface area contributed by atoms with Crippen LogP contribution in [0.5, 0.6) is 0 Å². The van der Waals surface area contributed by atoms with E-state index in [1.54, 1.807) is 6.92 Å². The molecule has 3 unspecified atom stereocenters. The molecular weight excluding hydrogens is 454 g/mol. The molecule has 0 spiro atoms. The Hall–Kier alpha value is -2.97. The maximum absolute atomic E-state index is 9.17. The third-order valence-electron chi connectivity index (χ3n) is 6.45. The second-order valence-electron chi connectivity index (χ2n) is 9.65. The van der Waals surface area contributed by atoms with E-state index in [1.165, 1.54) is 44.7 Å². The van der Waals surface area contributed by atoms with Gasteiger partial charge in [0.15, 0.2) is 0 Å². The van der Waals surface area contributed by atoms with E-state index >= 15 is 0 Å². The van der Waals surface area contributed by atoms with E-state index in [1.807, 2.05) is 20.8 Å². The van der Waals surface area contributed by atoms with Crippen LogP contribution in [-0.2, 0) is 4.74 Å². The largest absolute Gasteiger partial charge is 0.467 e.